The van der Waals surface area contributed by atoms with Gasteiger partial charge in [-0.15, -0.1) is 0 Å². The second-order valence-corrected chi connectivity index (χ2v) is 6.80. The lowest BCUT2D eigenvalue weighted by atomic mass is 10.0. The van der Waals surface area contributed by atoms with Crippen molar-refractivity contribution in [2.24, 2.45) is 5.92 Å². The maximum absolute atomic E-state index is 12.6. The standard InChI is InChI=1S/C19H24N2O4/c1-3-5-12(2)17(22)20-13-7-8-15-16(10-13)19(24)21(18(15)23)11-14-6-4-9-25-14/h7-8,10,12,14H,3-6,9,11H2,1-2H3,(H,20,22). The minimum atomic E-state index is -0.312. The topological polar surface area (TPSA) is 75.7 Å². The zero-order chi connectivity index (χ0) is 18.0. The van der Waals surface area contributed by atoms with Crippen LogP contribution in [0.3, 0.4) is 0 Å². The van der Waals surface area contributed by atoms with Crippen molar-refractivity contribution in [1.29, 1.82) is 0 Å². The zero-order valence-corrected chi connectivity index (χ0v) is 14.7. The SMILES string of the molecule is CCCC(C)C(=O)Nc1ccc2c(c1)C(=O)N(CC1CCCO1)C2=O. The van der Waals surface area contributed by atoms with E-state index in [0.717, 1.165) is 25.7 Å². The van der Waals surface area contributed by atoms with E-state index in [-0.39, 0.29) is 29.7 Å². The van der Waals surface area contributed by atoms with Crippen molar-refractivity contribution in [1.82, 2.24) is 4.90 Å². The Bertz CT molecular complexity index is 695. The van der Waals surface area contributed by atoms with Gasteiger partial charge in [0.2, 0.25) is 5.91 Å². The fraction of sp³-hybridized carbons (Fsp3) is 0.526. The van der Waals surface area contributed by atoms with Gasteiger partial charge in [-0.2, -0.15) is 0 Å². The van der Waals surface area contributed by atoms with Gasteiger partial charge in [0.15, 0.2) is 0 Å². The number of hydrogen-bond donors (Lipinski definition) is 1. The summed E-state index contributed by atoms with van der Waals surface area (Å²) in [6, 6.07) is 4.89. The Morgan fingerprint density at radius 2 is 2.08 bits per heavy atom. The van der Waals surface area contributed by atoms with Crippen molar-refractivity contribution in [3.8, 4) is 0 Å². The highest BCUT2D eigenvalue weighted by atomic mass is 16.5. The number of nitrogens with one attached hydrogen (secondary N) is 1. The van der Waals surface area contributed by atoms with Gasteiger partial charge in [-0.05, 0) is 37.5 Å². The number of amides is 3. The molecule has 2 aliphatic heterocycles. The van der Waals surface area contributed by atoms with Gasteiger partial charge in [-0.25, -0.2) is 0 Å². The molecule has 6 heteroatoms. The number of anilines is 1. The highest BCUT2D eigenvalue weighted by Crippen LogP contribution is 2.27. The Morgan fingerprint density at radius 1 is 1.32 bits per heavy atom. The number of benzene rings is 1. The predicted molar refractivity (Wildman–Crippen MR) is 93.5 cm³/mol. The molecule has 1 fully saturated rings. The van der Waals surface area contributed by atoms with Gasteiger partial charge in [-0.3, -0.25) is 19.3 Å². The van der Waals surface area contributed by atoms with Crippen LogP contribution < -0.4 is 5.32 Å². The van der Waals surface area contributed by atoms with Crippen LogP contribution in [0.15, 0.2) is 18.2 Å². The van der Waals surface area contributed by atoms with E-state index in [4.69, 9.17) is 4.74 Å². The molecule has 2 unspecified atom stereocenters. The molecule has 3 amide bonds. The van der Waals surface area contributed by atoms with Crippen molar-refractivity contribution < 1.29 is 19.1 Å². The van der Waals surface area contributed by atoms with Crippen molar-refractivity contribution >= 4 is 23.4 Å². The van der Waals surface area contributed by atoms with Gasteiger partial charge in [0, 0.05) is 18.2 Å². The molecule has 25 heavy (non-hydrogen) atoms. The first-order valence-corrected chi connectivity index (χ1v) is 8.94. The number of fused-ring (bicyclic) bond motifs is 1. The maximum Gasteiger partial charge on any atom is 0.261 e. The molecule has 0 radical (unpaired) electrons. The second kappa shape index (κ2) is 7.35. The number of hydrogen-bond acceptors (Lipinski definition) is 4. The number of carbonyl (C=O) groups excluding carboxylic acids is 3. The summed E-state index contributed by atoms with van der Waals surface area (Å²) in [6.07, 6.45) is 3.49. The van der Waals surface area contributed by atoms with Gasteiger partial charge in [0.1, 0.15) is 0 Å². The molecule has 3 rings (SSSR count). The number of ether oxygens (including phenoxy) is 1. The Morgan fingerprint density at radius 3 is 2.76 bits per heavy atom. The monoisotopic (exact) mass is 344 g/mol. The van der Waals surface area contributed by atoms with Gasteiger partial charge in [-0.1, -0.05) is 20.3 Å². The highest BCUT2D eigenvalue weighted by Gasteiger charge is 2.37. The average molecular weight is 344 g/mol. The number of nitrogens with zero attached hydrogens (tertiary/aromatic N) is 1. The van der Waals surface area contributed by atoms with Crippen LogP contribution in [0.4, 0.5) is 5.69 Å². The lowest BCUT2D eigenvalue weighted by Gasteiger charge is -2.17. The number of carbonyl (C=O) groups is 3. The minimum Gasteiger partial charge on any atom is -0.376 e. The van der Waals surface area contributed by atoms with Crippen LogP contribution in [0.25, 0.3) is 0 Å². The summed E-state index contributed by atoms with van der Waals surface area (Å²) in [5.74, 6) is -0.762. The number of rotatable bonds is 6. The molecule has 0 aromatic heterocycles. The van der Waals surface area contributed by atoms with Crippen molar-refractivity contribution in [3.63, 3.8) is 0 Å². The molecule has 6 nitrogen and oxygen atoms in total. The van der Waals surface area contributed by atoms with Crippen molar-refractivity contribution in [2.45, 2.75) is 45.6 Å². The molecule has 0 aliphatic carbocycles. The quantitative estimate of drug-likeness (QED) is 0.805. The summed E-state index contributed by atoms with van der Waals surface area (Å²) in [5.41, 5.74) is 1.29. The summed E-state index contributed by atoms with van der Waals surface area (Å²) >= 11 is 0. The molecule has 1 saturated heterocycles. The van der Waals surface area contributed by atoms with E-state index < -0.39 is 0 Å². The minimum absolute atomic E-state index is 0.0729. The highest BCUT2D eigenvalue weighted by molar-refractivity contribution is 6.21. The van der Waals surface area contributed by atoms with E-state index >= 15 is 0 Å². The summed E-state index contributed by atoms with van der Waals surface area (Å²) in [5, 5.41) is 2.83. The third-order valence-corrected chi connectivity index (χ3v) is 4.82. The molecule has 134 valence electrons. The summed E-state index contributed by atoms with van der Waals surface area (Å²) in [7, 11) is 0. The first-order valence-electron chi connectivity index (χ1n) is 8.94. The molecule has 1 aromatic rings. The fourth-order valence-corrected chi connectivity index (χ4v) is 3.36. The van der Waals surface area contributed by atoms with Crippen LogP contribution in [0, 0.1) is 5.92 Å². The maximum atomic E-state index is 12.6. The van der Waals surface area contributed by atoms with Gasteiger partial charge in [0.05, 0.1) is 23.8 Å². The molecule has 0 bridgehead atoms. The summed E-state index contributed by atoms with van der Waals surface area (Å²) < 4.78 is 5.53. The smallest absolute Gasteiger partial charge is 0.261 e. The summed E-state index contributed by atoms with van der Waals surface area (Å²) in [6.45, 7) is 4.89. The van der Waals surface area contributed by atoms with Crippen LogP contribution >= 0.6 is 0 Å². The Labute approximate surface area is 147 Å². The second-order valence-electron chi connectivity index (χ2n) is 6.80. The molecule has 0 saturated carbocycles. The molecular weight excluding hydrogens is 320 g/mol. The van der Waals surface area contributed by atoms with E-state index in [0.29, 0.717) is 30.0 Å². The van der Waals surface area contributed by atoms with E-state index in [1.54, 1.807) is 18.2 Å². The van der Waals surface area contributed by atoms with Crippen LogP contribution in [0.1, 0.15) is 60.2 Å². The Kier molecular flexibility index (Phi) is 5.18. The van der Waals surface area contributed by atoms with Crippen LogP contribution in [-0.4, -0.2) is 41.9 Å². The molecule has 1 aromatic carbocycles. The lowest BCUT2D eigenvalue weighted by molar-refractivity contribution is -0.119. The zero-order valence-electron chi connectivity index (χ0n) is 14.7. The Balaban J connectivity index is 1.73. The van der Waals surface area contributed by atoms with E-state index in [1.807, 2.05) is 13.8 Å². The molecule has 1 N–H and O–H groups in total. The normalized spacial score (nSPS) is 20.7. The first kappa shape index (κ1) is 17.6. The van der Waals surface area contributed by atoms with Crippen LogP contribution in [0.2, 0.25) is 0 Å². The van der Waals surface area contributed by atoms with Gasteiger partial charge >= 0.3 is 0 Å². The molecule has 2 heterocycles. The van der Waals surface area contributed by atoms with Crippen molar-refractivity contribution in [3.05, 3.63) is 29.3 Å². The van der Waals surface area contributed by atoms with Gasteiger partial charge < -0.3 is 10.1 Å². The summed E-state index contributed by atoms with van der Waals surface area (Å²) in [4.78, 5) is 38.5. The molecule has 0 spiro atoms. The Hall–Kier alpha value is -2.21. The fourth-order valence-electron chi connectivity index (χ4n) is 3.36. The third-order valence-electron chi connectivity index (χ3n) is 4.82. The van der Waals surface area contributed by atoms with Gasteiger partial charge in [0.25, 0.3) is 11.8 Å². The van der Waals surface area contributed by atoms with Crippen LogP contribution in [-0.2, 0) is 9.53 Å². The first-order chi connectivity index (χ1) is 12.0. The van der Waals surface area contributed by atoms with Crippen molar-refractivity contribution in [2.75, 3.05) is 18.5 Å². The average Bonchev–Trinajstić information content (AvgIpc) is 3.18. The predicted octanol–water partition coefficient (Wildman–Crippen LogP) is 2.84. The van der Waals surface area contributed by atoms with E-state index in [9.17, 15) is 14.4 Å². The molecule has 2 aliphatic rings. The largest absolute Gasteiger partial charge is 0.376 e. The number of imide groups is 1. The lowest BCUT2D eigenvalue weighted by Crippen LogP contribution is -2.36. The van der Waals surface area contributed by atoms with E-state index in [1.165, 1.54) is 4.90 Å². The molecular formula is C19H24N2O4. The molecule has 2 atom stereocenters. The third kappa shape index (κ3) is 3.58. The van der Waals surface area contributed by atoms with Crippen LogP contribution in [0.5, 0.6) is 0 Å². The van der Waals surface area contributed by atoms with E-state index in [2.05, 4.69) is 5.32 Å².